The van der Waals surface area contributed by atoms with Crippen LogP contribution in [0.15, 0.2) is 36.4 Å². The van der Waals surface area contributed by atoms with Crippen LogP contribution in [0.4, 0.5) is 5.69 Å². The molecule has 0 aromatic heterocycles. The normalized spacial score (nSPS) is 12.0. The second-order valence-electron chi connectivity index (χ2n) is 7.64. The van der Waals surface area contributed by atoms with E-state index in [1.165, 1.54) is 5.56 Å². The van der Waals surface area contributed by atoms with Crippen molar-refractivity contribution in [2.24, 2.45) is 0 Å². The van der Waals surface area contributed by atoms with Crippen LogP contribution in [0.5, 0.6) is 0 Å². The highest BCUT2D eigenvalue weighted by Crippen LogP contribution is 2.21. The predicted molar refractivity (Wildman–Crippen MR) is 115 cm³/mol. The molecule has 0 saturated carbocycles. The third kappa shape index (κ3) is 5.92. The summed E-state index contributed by atoms with van der Waals surface area (Å²) in [5.74, 6) is -0.231. The van der Waals surface area contributed by atoms with Gasteiger partial charge in [0.25, 0.3) is 0 Å². The van der Waals surface area contributed by atoms with Gasteiger partial charge in [0.1, 0.15) is 0 Å². The Morgan fingerprint density at radius 2 is 1.50 bits per heavy atom. The van der Waals surface area contributed by atoms with Gasteiger partial charge in [-0.3, -0.25) is 14.5 Å². The van der Waals surface area contributed by atoms with Gasteiger partial charge in [-0.15, -0.1) is 0 Å². The molecule has 0 saturated heterocycles. The average molecular weight is 382 g/mol. The molecule has 0 aliphatic rings. The number of carbonyl (C=O) groups is 2. The first kappa shape index (κ1) is 21.6. The van der Waals surface area contributed by atoms with E-state index < -0.39 is 0 Å². The Morgan fingerprint density at radius 1 is 0.929 bits per heavy atom. The summed E-state index contributed by atoms with van der Waals surface area (Å²) in [7, 11) is 1.77. The summed E-state index contributed by atoms with van der Waals surface area (Å²) in [5, 5.41) is 5.97. The molecular formula is C23H31N3O2. The molecule has 5 heteroatoms. The highest BCUT2D eigenvalue weighted by molar-refractivity contribution is 5.94. The van der Waals surface area contributed by atoms with Crippen LogP contribution >= 0.6 is 0 Å². The van der Waals surface area contributed by atoms with Crippen molar-refractivity contribution in [3.05, 3.63) is 64.2 Å². The molecule has 28 heavy (non-hydrogen) atoms. The Labute approximate surface area is 168 Å². The minimum absolute atomic E-state index is 0.0752. The second kappa shape index (κ2) is 9.51. The molecule has 0 spiro atoms. The first-order valence-corrected chi connectivity index (χ1v) is 9.58. The van der Waals surface area contributed by atoms with Crippen LogP contribution in [0.2, 0.25) is 0 Å². The number of likely N-dealkylation sites (N-methyl/N-ethyl adjacent to an activating group) is 1. The molecule has 2 rings (SSSR count). The SMILES string of the molecule is Cc1cc(C)c(NC(=O)CN(C)CC(=O)N[C@H](C)c2ccccc2C)c(C)c1. The molecule has 2 aromatic rings. The highest BCUT2D eigenvalue weighted by Gasteiger charge is 2.15. The van der Waals surface area contributed by atoms with E-state index in [1.54, 1.807) is 11.9 Å². The van der Waals surface area contributed by atoms with Crippen LogP contribution in [0, 0.1) is 27.7 Å². The largest absolute Gasteiger partial charge is 0.348 e. The molecule has 0 heterocycles. The lowest BCUT2D eigenvalue weighted by molar-refractivity contribution is -0.123. The van der Waals surface area contributed by atoms with Gasteiger partial charge < -0.3 is 10.6 Å². The number of amides is 2. The number of benzene rings is 2. The van der Waals surface area contributed by atoms with Crippen LogP contribution in [0.25, 0.3) is 0 Å². The van der Waals surface area contributed by atoms with Gasteiger partial charge in [-0.05, 0) is 63.9 Å². The molecule has 0 radical (unpaired) electrons. The summed E-state index contributed by atoms with van der Waals surface area (Å²) in [6.07, 6.45) is 0. The smallest absolute Gasteiger partial charge is 0.238 e. The fourth-order valence-electron chi connectivity index (χ4n) is 3.54. The Kier molecular flexibility index (Phi) is 7.35. The van der Waals surface area contributed by atoms with Crippen LogP contribution in [0.3, 0.4) is 0 Å². The fourth-order valence-corrected chi connectivity index (χ4v) is 3.54. The molecule has 2 N–H and O–H groups in total. The van der Waals surface area contributed by atoms with Gasteiger partial charge in [-0.2, -0.15) is 0 Å². The van der Waals surface area contributed by atoms with Crippen molar-refractivity contribution in [2.75, 3.05) is 25.5 Å². The minimum atomic E-state index is -0.127. The van der Waals surface area contributed by atoms with E-state index in [9.17, 15) is 9.59 Å². The monoisotopic (exact) mass is 381 g/mol. The maximum atomic E-state index is 12.4. The van der Waals surface area contributed by atoms with Gasteiger partial charge in [0.15, 0.2) is 0 Å². The minimum Gasteiger partial charge on any atom is -0.348 e. The summed E-state index contributed by atoms with van der Waals surface area (Å²) >= 11 is 0. The van der Waals surface area contributed by atoms with Crippen molar-refractivity contribution < 1.29 is 9.59 Å². The van der Waals surface area contributed by atoms with Crippen LogP contribution in [-0.4, -0.2) is 36.9 Å². The number of nitrogens with one attached hydrogen (secondary N) is 2. The van der Waals surface area contributed by atoms with E-state index in [4.69, 9.17) is 0 Å². The quantitative estimate of drug-likeness (QED) is 0.769. The second-order valence-corrected chi connectivity index (χ2v) is 7.64. The lowest BCUT2D eigenvalue weighted by atomic mass is 10.0. The van der Waals surface area contributed by atoms with Crippen molar-refractivity contribution in [3.8, 4) is 0 Å². The molecular weight excluding hydrogens is 350 g/mol. The molecule has 2 amide bonds. The first-order valence-electron chi connectivity index (χ1n) is 9.58. The van der Waals surface area contributed by atoms with Crippen molar-refractivity contribution in [2.45, 2.75) is 40.7 Å². The zero-order valence-corrected chi connectivity index (χ0v) is 17.7. The molecule has 0 unspecified atom stereocenters. The molecule has 0 aliphatic heterocycles. The Hall–Kier alpha value is -2.66. The summed E-state index contributed by atoms with van der Waals surface area (Å²) in [6.45, 7) is 10.3. The van der Waals surface area contributed by atoms with Crippen molar-refractivity contribution in [3.63, 3.8) is 0 Å². The van der Waals surface area contributed by atoms with E-state index in [2.05, 4.69) is 10.6 Å². The molecule has 150 valence electrons. The predicted octanol–water partition coefficient (Wildman–Crippen LogP) is 3.67. The zero-order valence-electron chi connectivity index (χ0n) is 17.7. The number of nitrogens with zero attached hydrogens (tertiary/aromatic N) is 1. The third-order valence-corrected chi connectivity index (χ3v) is 4.80. The van der Waals surface area contributed by atoms with E-state index >= 15 is 0 Å². The van der Waals surface area contributed by atoms with Gasteiger partial charge in [0, 0.05) is 5.69 Å². The fraction of sp³-hybridized carbons (Fsp3) is 0.391. The lowest BCUT2D eigenvalue weighted by Gasteiger charge is -2.20. The van der Waals surface area contributed by atoms with Gasteiger partial charge >= 0.3 is 0 Å². The lowest BCUT2D eigenvalue weighted by Crippen LogP contribution is -2.39. The Balaban J connectivity index is 1.87. The van der Waals surface area contributed by atoms with Crippen LogP contribution in [0.1, 0.15) is 40.8 Å². The zero-order chi connectivity index (χ0) is 20.8. The van der Waals surface area contributed by atoms with Gasteiger partial charge in [-0.1, -0.05) is 42.0 Å². The molecule has 0 fully saturated rings. The Morgan fingerprint density at radius 3 is 2.11 bits per heavy atom. The standard InChI is InChI=1S/C23H31N3O2/c1-15-11-17(3)23(18(4)12-15)25-22(28)14-26(6)13-21(27)24-19(5)20-10-8-7-9-16(20)2/h7-12,19H,13-14H2,1-6H3,(H,24,27)(H,25,28)/t19-/m1/s1. The number of hydrogen-bond acceptors (Lipinski definition) is 3. The van der Waals surface area contributed by atoms with E-state index in [0.29, 0.717) is 0 Å². The summed E-state index contributed by atoms with van der Waals surface area (Å²) in [5.41, 5.74) is 6.34. The topological polar surface area (TPSA) is 61.4 Å². The summed E-state index contributed by atoms with van der Waals surface area (Å²) < 4.78 is 0. The number of aryl methyl sites for hydroxylation is 4. The summed E-state index contributed by atoms with van der Waals surface area (Å²) in [6, 6.07) is 12.0. The number of hydrogen-bond donors (Lipinski definition) is 2. The average Bonchev–Trinajstić information content (AvgIpc) is 2.58. The van der Waals surface area contributed by atoms with Crippen LogP contribution in [-0.2, 0) is 9.59 Å². The van der Waals surface area contributed by atoms with Gasteiger partial charge in [0.05, 0.1) is 19.1 Å². The van der Waals surface area contributed by atoms with E-state index in [-0.39, 0.29) is 30.9 Å². The van der Waals surface area contributed by atoms with Crippen molar-refractivity contribution in [1.82, 2.24) is 10.2 Å². The maximum absolute atomic E-state index is 12.4. The molecule has 5 nitrogen and oxygen atoms in total. The maximum Gasteiger partial charge on any atom is 0.238 e. The van der Waals surface area contributed by atoms with E-state index in [0.717, 1.165) is 27.9 Å². The molecule has 1 atom stereocenters. The van der Waals surface area contributed by atoms with Gasteiger partial charge in [-0.25, -0.2) is 0 Å². The highest BCUT2D eigenvalue weighted by atomic mass is 16.2. The molecule has 0 bridgehead atoms. The van der Waals surface area contributed by atoms with Crippen molar-refractivity contribution in [1.29, 1.82) is 0 Å². The third-order valence-electron chi connectivity index (χ3n) is 4.80. The molecule has 0 aliphatic carbocycles. The van der Waals surface area contributed by atoms with Gasteiger partial charge in [0.2, 0.25) is 11.8 Å². The van der Waals surface area contributed by atoms with E-state index in [1.807, 2.05) is 71.0 Å². The van der Waals surface area contributed by atoms with Crippen LogP contribution < -0.4 is 10.6 Å². The molecule has 2 aromatic carbocycles. The Bertz CT molecular complexity index is 838. The summed E-state index contributed by atoms with van der Waals surface area (Å²) in [4.78, 5) is 26.5. The first-order chi connectivity index (χ1) is 13.2. The number of anilines is 1. The van der Waals surface area contributed by atoms with Crippen molar-refractivity contribution >= 4 is 17.5 Å². The number of carbonyl (C=O) groups excluding carboxylic acids is 2. The number of rotatable bonds is 7.